The molecule has 3 rings (SSSR count). The Bertz CT molecular complexity index is 892. The summed E-state index contributed by atoms with van der Waals surface area (Å²) in [5.74, 6) is 0.112. The molecule has 1 aliphatic heterocycles. The molecule has 2 fully saturated rings. The zero-order chi connectivity index (χ0) is 22.4. The summed E-state index contributed by atoms with van der Waals surface area (Å²) in [5.41, 5.74) is 6.84. The zero-order valence-electron chi connectivity index (χ0n) is 18.0. The SMILES string of the molecule is CCCNC(=O)O[C@H]1CC[C@@H](C2CC(NC(=O)Cc3ccccc3S(C)(=O)=O)NN2)C1. The standard InChI is InChI=1S/C21H32N4O5S/c1-3-10-22-21(27)30-16-9-8-14(11-16)17-13-19(25-24-17)23-20(26)12-15-6-4-5-7-18(15)31(2,28)29/h4-7,14,16-17,19,24-25H,3,8-13H2,1-2H3,(H,22,27)(H,23,26)/t14-,16+,17?,19?/m1/s1. The summed E-state index contributed by atoms with van der Waals surface area (Å²) in [7, 11) is -3.39. The lowest BCUT2D eigenvalue weighted by Gasteiger charge is -2.18. The molecule has 2 unspecified atom stereocenters. The molecule has 9 nitrogen and oxygen atoms in total. The van der Waals surface area contributed by atoms with E-state index >= 15 is 0 Å². The molecular formula is C21H32N4O5S. The van der Waals surface area contributed by atoms with Gasteiger partial charge in [-0.2, -0.15) is 0 Å². The van der Waals surface area contributed by atoms with Gasteiger partial charge in [-0.15, -0.1) is 0 Å². The van der Waals surface area contributed by atoms with Crippen molar-refractivity contribution >= 4 is 21.8 Å². The van der Waals surface area contributed by atoms with Crippen molar-refractivity contribution in [1.82, 2.24) is 21.5 Å². The second kappa shape index (κ2) is 10.4. The van der Waals surface area contributed by atoms with Crippen molar-refractivity contribution in [2.45, 2.75) is 68.7 Å². The highest BCUT2D eigenvalue weighted by Crippen LogP contribution is 2.32. The molecule has 31 heavy (non-hydrogen) atoms. The van der Waals surface area contributed by atoms with Crippen LogP contribution in [0.25, 0.3) is 0 Å². The Morgan fingerprint density at radius 3 is 2.68 bits per heavy atom. The van der Waals surface area contributed by atoms with Crippen LogP contribution in [-0.4, -0.2) is 51.5 Å². The van der Waals surface area contributed by atoms with Crippen molar-refractivity contribution in [2.75, 3.05) is 12.8 Å². The maximum Gasteiger partial charge on any atom is 0.407 e. The average molecular weight is 453 g/mol. The van der Waals surface area contributed by atoms with E-state index in [4.69, 9.17) is 4.74 Å². The van der Waals surface area contributed by atoms with Crippen molar-refractivity contribution in [3.05, 3.63) is 29.8 Å². The van der Waals surface area contributed by atoms with Gasteiger partial charge in [-0.3, -0.25) is 10.2 Å². The van der Waals surface area contributed by atoms with Crippen molar-refractivity contribution in [3.63, 3.8) is 0 Å². The van der Waals surface area contributed by atoms with Gasteiger partial charge in [0.05, 0.1) is 17.5 Å². The van der Waals surface area contributed by atoms with Crippen molar-refractivity contribution < 1.29 is 22.7 Å². The number of amides is 2. The number of rotatable bonds is 8. The van der Waals surface area contributed by atoms with Crippen LogP contribution in [0.15, 0.2) is 29.2 Å². The van der Waals surface area contributed by atoms with Crippen LogP contribution in [0.3, 0.4) is 0 Å². The second-order valence-electron chi connectivity index (χ2n) is 8.33. The predicted octanol–water partition coefficient (Wildman–Crippen LogP) is 1.25. The van der Waals surface area contributed by atoms with Crippen molar-refractivity contribution in [2.24, 2.45) is 5.92 Å². The molecule has 2 amide bonds. The molecule has 1 heterocycles. The number of hydrazine groups is 1. The molecule has 172 valence electrons. The lowest BCUT2D eigenvalue weighted by Crippen LogP contribution is -2.45. The Labute approximate surface area is 183 Å². The minimum Gasteiger partial charge on any atom is -0.446 e. The minimum atomic E-state index is -3.39. The summed E-state index contributed by atoms with van der Waals surface area (Å²) < 4.78 is 29.3. The predicted molar refractivity (Wildman–Crippen MR) is 116 cm³/mol. The number of carbonyl (C=O) groups is 2. The summed E-state index contributed by atoms with van der Waals surface area (Å²) >= 11 is 0. The fraction of sp³-hybridized carbons (Fsp3) is 0.619. The summed E-state index contributed by atoms with van der Waals surface area (Å²) in [4.78, 5) is 24.4. The molecule has 10 heteroatoms. The van der Waals surface area contributed by atoms with Crippen LogP contribution in [-0.2, 0) is 25.8 Å². The van der Waals surface area contributed by atoms with Crippen LogP contribution in [0.1, 0.15) is 44.6 Å². The van der Waals surface area contributed by atoms with E-state index in [9.17, 15) is 18.0 Å². The van der Waals surface area contributed by atoms with Gasteiger partial charge in [0.1, 0.15) is 6.10 Å². The summed E-state index contributed by atoms with van der Waals surface area (Å²) in [6.45, 7) is 2.60. The maximum absolute atomic E-state index is 12.5. The summed E-state index contributed by atoms with van der Waals surface area (Å²) in [6.07, 6.45) is 4.62. The second-order valence-corrected chi connectivity index (χ2v) is 10.3. The largest absolute Gasteiger partial charge is 0.446 e. The van der Waals surface area contributed by atoms with E-state index in [-0.39, 0.29) is 41.6 Å². The van der Waals surface area contributed by atoms with E-state index in [1.807, 2.05) is 6.92 Å². The molecule has 1 aromatic rings. The van der Waals surface area contributed by atoms with E-state index < -0.39 is 9.84 Å². The molecule has 0 radical (unpaired) electrons. The molecule has 1 saturated heterocycles. The fourth-order valence-electron chi connectivity index (χ4n) is 4.28. The molecule has 1 saturated carbocycles. The summed E-state index contributed by atoms with van der Waals surface area (Å²) in [5, 5.41) is 5.65. The van der Waals surface area contributed by atoms with E-state index in [0.29, 0.717) is 24.4 Å². The van der Waals surface area contributed by atoms with Crippen LogP contribution >= 0.6 is 0 Å². The topological polar surface area (TPSA) is 126 Å². The number of benzene rings is 1. The van der Waals surface area contributed by atoms with Gasteiger partial charge in [0.15, 0.2) is 9.84 Å². The third-order valence-corrected chi connectivity index (χ3v) is 6.98. The first-order chi connectivity index (χ1) is 14.8. The van der Waals surface area contributed by atoms with E-state index in [1.54, 1.807) is 18.2 Å². The van der Waals surface area contributed by atoms with E-state index in [1.165, 1.54) is 6.07 Å². The monoisotopic (exact) mass is 452 g/mol. The van der Waals surface area contributed by atoms with Crippen molar-refractivity contribution in [3.8, 4) is 0 Å². The molecular weight excluding hydrogens is 420 g/mol. The van der Waals surface area contributed by atoms with Crippen LogP contribution in [0.5, 0.6) is 0 Å². The first kappa shape index (κ1) is 23.5. The highest BCUT2D eigenvalue weighted by Gasteiger charge is 2.37. The number of nitrogens with one attached hydrogen (secondary N) is 4. The van der Waals surface area contributed by atoms with Crippen LogP contribution in [0.4, 0.5) is 4.79 Å². The molecule has 4 atom stereocenters. The fourth-order valence-corrected chi connectivity index (χ4v) is 5.22. The first-order valence-electron chi connectivity index (χ1n) is 10.8. The first-order valence-corrected chi connectivity index (χ1v) is 12.7. The van der Waals surface area contributed by atoms with E-state index in [2.05, 4.69) is 21.5 Å². The van der Waals surface area contributed by atoms with Gasteiger partial charge in [0, 0.05) is 18.8 Å². The molecule has 4 N–H and O–H groups in total. The molecule has 0 aromatic heterocycles. The van der Waals surface area contributed by atoms with Gasteiger partial charge in [-0.05, 0) is 49.7 Å². The van der Waals surface area contributed by atoms with Crippen molar-refractivity contribution in [1.29, 1.82) is 0 Å². The van der Waals surface area contributed by atoms with Gasteiger partial charge in [0.2, 0.25) is 5.91 Å². The number of alkyl carbamates (subject to hydrolysis) is 1. The van der Waals surface area contributed by atoms with Gasteiger partial charge >= 0.3 is 6.09 Å². The third kappa shape index (κ3) is 6.65. The third-order valence-electron chi connectivity index (χ3n) is 5.78. The number of hydrogen-bond donors (Lipinski definition) is 4. The van der Waals surface area contributed by atoms with Crippen LogP contribution < -0.4 is 21.5 Å². The molecule has 0 bridgehead atoms. The Kier molecular flexibility index (Phi) is 7.90. The highest BCUT2D eigenvalue weighted by molar-refractivity contribution is 7.90. The normalized spacial score (nSPS) is 25.9. The van der Waals surface area contributed by atoms with Gasteiger partial charge < -0.3 is 15.4 Å². The molecule has 1 aliphatic carbocycles. The van der Waals surface area contributed by atoms with Gasteiger partial charge in [-0.1, -0.05) is 25.1 Å². The van der Waals surface area contributed by atoms with E-state index in [0.717, 1.165) is 31.9 Å². The number of hydrogen-bond acceptors (Lipinski definition) is 7. The highest BCUT2D eigenvalue weighted by atomic mass is 32.2. The van der Waals surface area contributed by atoms with Gasteiger partial charge in [0.25, 0.3) is 0 Å². The minimum absolute atomic E-state index is 0.00168. The van der Waals surface area contributed by atoms with Gasteiger partial charge in [-0.25, -0.2) is 18.6 Å². The number of sulfone groups is 1. The lowest BCUT2D eigenvalue weighted by atomic mass is 9.96. The maximum atomic E-state index is 12.5. The average Bonchev–Trinajstić information content (AvgIpc) is 3.35. The number of ether oxygens (including phenoxy) is 1. The molecule has 1 aromatic carbocycles. The smallest absolute Gasteiger partial charge is 0.407 e. The lowest BCUT2D eigenvalue weighted by molar-refractivity contribution is -0.121. The summed E-state index contributed by atoms with van der Waals surface area (Å²) in [6, 6.07) is 6.72. The molecule has 0 spiro atoms. The zero-order valence-corrected chi connectivity index (χ0v) is 18.8. The van der Waals surface area contributed by atoms with Crippen LogP contribution in [0, 0.1) is 5.92 Å². The number of carbonyl (C=O) groups excluding carboxylic acids is 2. The Morgan fingerprint density at radius 2 is 1.94 bits per heavy atom. The Morgan fingerprint density at radius 1 is 1.16 bits per heavy atom. The van der Waals surface area contributed by atoms with Crippen LogP contribution in [0.2, 0.25) is 0 Å². The Balaban J connectivity index is 1.46. The quantitative estimate of drug-likeness (QED) is 0.468. The Hall–Kier alpha value is -2.17. The molecule has 2 aliphatic rings.